The van der Waals surface area contributed by atoms with E-state index in [1.807, 2.05) is 0 Å². The van der Waals surface area contributed by atoms with Crippen LogP contribution in [0.25, 0.3) is 44.5 Å². The SMILES string of the molecule is CC(C)(C)c1ccc(C2(c3ccc(C(C)(C)C)cc3)c3ccccc3-c3c(N(c4ccc5c(c4)C4(CCCCC4)c4ccccc4-5)c4ccccc4-c4cccc5c4C(C)(C)c4ccccc4-5)cccc32)cc1. The Morgan fingerprint density at radius 1 is 0.370 bits per heavy atom. The third kappa shape index (κ3) is 6.66. The van der Waals surface area contributed by atoms with Gasteiger partial charge in [-0.2, -0.15) is 0 Å². The van der Waals surface area contributed by atoms with E-state index >= 15 is 0 Å². The van der Waals surface area contributed by atoms with Crippen LogP contribution in [0.3, 0.4) is 0 Å². The summed E-state index contributed by atoms with van der Waals surface area (Å²) in [4.78, 5) is 2.67. The van der Waals surface area contributed by atoms with Gasteiger partial charge in [0.2, 0.25) is 0 Å². The first-order chi connectivity index (χ1) is 35.2. The highest BCUT2D eigenvalue weighted by Gasteiger charge is 2.49. The van der Waals surface area contributed by atoms with Gasteiger partial charge in [0.05, 0.1) is 16.8 Å². The van der Waals surface area contributed by atoms with Gasteiger partial charge in [-0.1, -0.05) is 251 Å². The smallest absolute Gasteiger partial charge is 0.0714 e. The summed E-state index contributed by atoms with van der Waals surface area (Å²) in [6.45, 7) is 18.8. The standard InChI is InChI=1S/C72H67N/c1-68(2,3)47-34-38-49(39-35-47)72(50-40-36-48(37-41-50)69(4,5)6)61-30-16-12-25-58(61)66-62(72)31-21-33-65(66)73(51-42-43-54-52-22-11-15-29-60(52)71(63(54)46-51)44-18-9-19-45-71)64-32-17-13-24-55(64)57-27-20-26-56-53-23-10-14-28-59(53)70(7,8)67(56)57/h10-17,20-43,46H,9,18-19,44-45H2,1-8H3. The maximum absolute atomic E-state index is 2.67. The number of para-hydroxylation sites is 1. The molecule has 1 saturated carbocycles. The second kappa shape index (κ2) is 16.4. The van der Waals surface area contributed by atoms with E-state index in [1.165, 1.54) is 149 Å². The Balaban J connectivity index is 1.11. The lowest BCUT2D eigenvalue weighted by Gasteiger charge is -2.37. The zero-order chi connectivity index (χ0) is 50.1. The molecule has 73 heavy (non-hydrogen) atoms. The number of anilines is 3. The molecule has 0 aliphatic heterocycles. The maximum Gasteiger partial charge on any atom is 0.0714 e. The highest BCUT2D eigenvalue weighted by atomic mass is 15.1. The molecule has 0 aromatic heterocycles. The first-order valence-electron chi connectivity index (χ1n) is 27.1. The summed E-state index contributed by atoms with van der Waals surface area (Å²) in [5, 5.41) is 0. The van der Waals surface area contributed by atoms with E-state index in [1.54, 1.807) is 0 Å². The monoisotopic (exact) mass is 946 g/mol. The molecular weight excluding hydrogens is 879 g/mol. The van der Waals surface area contributed by atoms with E-state index in [-0.39, 0.29) is 21.7 Å². The summed E-state index contributed by atoms with van der Waals surface area (Å²) in [7, 11) is 0. The van der Waals surface area contributed by atoms with E-state index in [4.69, 9.17) is 0 Å². The molecule has 1 spiro atoms. The highest BCUT2D eigenvalue weighted by Crippen LogP contribution is 2.62. The molecule has 0 radical (unpaired) electrons. The van der Waals surface area contributed by atoms with Crippen LogP contribution < -0.4 is 4.90 Å². The van der Waals surface area contributed by atoms with Crippen LogP contribution in [-0.2, 0) is 27.1 Å². The van der Waals surface area contributed by atoms with Crippen LogP contribution in [0.1, 0.15) is 143 Å². The average Bonchev–Trinajstić information content (AvgIpc) is 3.96. The second-order valence-corrected chi connectivity index (χ2v) is 24.3. The van der Waals surface area contributed by atoms with Crippen LogP contribution in [0, 0.1) is 0 Å². The summed E-state index contributed by atoms with van der Waals surface area (Å²) in [5.74, 6) is 0. The average molecular weight is 946 g/mol. The van der Waals surface area contributed by atoms with Crippen molar-refractivity contribution in [3.63, 3.8) is 0 Å². The molecule has 1 fully saturated rings. The van der Waals surface area contributed by atoms with Gasteiger partial charge in [0.25, 0.3) is 0 Å². The molecular formula is C72H67N. The van der Waals surface area contributed by atoms with Crippen LogP contribution in [0.15, 0.2) is 200 Å². The minimum absolute atomic E-state index is 0.000250. The van der Waals surface area contributed by atoms with Crippen molar-refractivity contribution < 1.29 is 0 Å². The van der Waals surface area contributed by atoms with Crippen molar-refractivity contribution in [2.45, 2.75) is 115 Å². The summed E-state index contributed by atoms with van der Waals surface area (Å²) in [5.41, 5.74) is 27.1. The fourth-order valence-corrected chi connectivity index (χ4v) is 14.4. The predicted octanol–water partition coefficient (Wildman–Crippen LogP) is 19.3. The molecule has 1 heteroatoms. The van der Waals surface area contributed by atoms with Crippen LogP contribution >= 0.6 is 0 Å². The summed E-state index contributed by atoms with van der Waals surface area (Å²) in [6, 6.07) is 78.0. The zero-order valence-electron chi connectivity index (χ0n) is 44.0. The molecule has 0 saturated heterocycles. The van der Waals surface area contributed by atoms with E-state index in [9.17, 15) is 0 Å². The van der Waals surface area contributed by atoms with Crippen molar-refractivity contribution in [3.05, 3.63) is 256 Å². The molecule has 0 N–H and O–H groups in total. The van der Waals surface area contributed by atoms with Gasteiger partial charge < -0.3 is 4.90 Å². The Morgan fingerprint density at radius 2 is 0.836 bits per heavy atom. The number of benzene rings is 9. The van der Waals surface area contributed by atoms with Crippen molar-refractivity contribution in [1.29, 1.82) is 0 Å². The molecule has 0 bridgehead atoms. The van der Waals surface area contributed by atoms with E-state index < -0.39 is 5.41 Å². The topological polar surface area (TPSA) is 3.24 Å². The number of hydrogen-bond donors (Lipinski definition) is 0. The number of nitrogens with zero attached hydrogens (tertiary/aromatic N) is 1. The Morgan fingerprint density at radius 3 is 1.47 bits per heavy atom. The Bertz CT molecular complexity index is 3580. The van der Waals surface area contributed by atoms with Crippen molar-refractivity contribution in [2.24, 2.45) is 0 Å². The lowest BCUT2D eigenvalue weighted by molar-refractivity contribution is 0.353. The van der Waals surface area contributed by atoms with Gasteiger partial charge in [-0.15, -0.1) is 0 Å². The first-order valence-corrected chi connectivity index (χ1v) is 27.1. The van der Waals surface area contributed by atoms with Gasteiger partial charge in [0.15, 0.2) is 0 Å². The van der Waals surface area contributed by atoms with Gasteiger partial charge >= 0.3 is 0 Å². The molecule has 0 heterocycles. The lowest BCUT2D eigenvalue weighted by atomic mass is 9.67. The Kier molecular flexibility index (Phi) is 10.2. The second-order valence-electron chi connectivity index (χ2n) is 24.3. The quantitative estimate of drug-likeness (QED) is 0.161. The van der Waals surface area contributed by atoms with Crippen LogP contribution in [0.2, 0.25) is 0 Å². The minimum Gasteiger partial charge on any atom is -0.309 e. The normalized spacial score (nSPS) is 16.3. The van der Waals surface area contributed by atoms with Crippen LogP contribution in [0.4, 0.5) is 17.1 Å². The molecule has 1 nitrogen and oxygen atoms in total. The van der Waals surface area contributed by atoms with Gasteiger partial charge in [-0.25, -0.2) is 0 Å². The number of fused-ring (bicyclic) bond motifs is 11. The molecule has 9 aromatic carbocycles. The summed E-state index contributed by atoms with van der Waals surface area (Å²) >= 11 is 0. The van der Waals surface area contributed by atoms with Crippen molar-refractivity contribution in [1.82, 2.24) is 0 Å². The van der Waals surface area contributed by atoms with Crippen LogP contribution in [0.5, 0.6) is 0 Å². The molecule has 0 amide bonds. The first kappa shape index (κ1) is 45.6. The van der Waals surface area contributed by atoms with Crippen molar-refractivity contribution in [2.75, 3.05) is 4.90 Å². The molecule has 13 rings (SSSR count). The number of rotatable bonds is 6. The maximum atomic E-state index is 2.67. The summed E-state index contributed by atoms with van der Waals surface area (Å²) in [6.07, 6.45) is 6.17. The van der Waals surface area contributed by atoms with Gasteiger partial charge in [-0.3, -0.25) is 0 Å². The zero-order valence-corrected chi connectivity index (χ0v) is 44.0. The Labute approximate surface area is 434 Å². The third-order valence-corrected chi connectivity index (χ3v) is 17.9. The van der Waals surface area contributed by atoms with Crippen molar-refractivity contribution >= 4 is 17.1 Å². The predicted molar refractivity (Wildman–Crippen MR) is 308 cm³/mol. The van der Waals surface area contributed by atoms with Crippen molar-refractivity contribution in [3.8, 4) is 44.5 Å². The fraction of sp³-hybridized carbons (Fsp3) is 0.250. The molecule has 0 atom stereocenters. The molecule has 4 aliphatic rings. The summed E-state index contributed by atoms with van der Waals surface area (Å²) < 4.78 is 0. The van der Waals surface area contributed by atoms with E-state index in [0.29, 0.717) is 0 Å². The Hall–Kier alpha value is -7.22. The number of hydrogen-bond acceptors (Lipinski definition) is 1. The molecule has 9 aromatic rings. The molecule has 0 unspecified atom stereocenters. The minimum atomic E-state index is -0.582. The van der Waals surface area contributed by atoms with Gasteiger partial charge in [-0.05, 0) is 137 Å². The molecule has 4 aliphatic carbocycles. The largest absolute Gasteiger partial charge is 0.309 e. The third-order valence-electron chi connectivity index (χ3n) is 17.9. The lowest BCUT2D eigenvalue weighted by Crippen LogP contribution is -2.29. The molecule has 360 valence electrons. The highest BCUT2D eigenvalue weighted by molar-refractivity contribution is 6.01. The van der Waals surface area contributed by atoms with Gasteiger partial charge in [0, 0.05) is 27.6 Å². The van der Waals surface area contributed by atoms with Gasteiger partial charge in [0.1, 0.15) is 0 Å². The van der Waals surface area contributed by atoms with E-state index in [0.717, 1.165) is 0 Å². The fourth-order valence-electron chi connectivity index (χ4n) is 14.4. The van der Waals surface area contributed by atoms with E-state index in [2.05, 4.69) is 260 Å². The van der Waals surface area contributed by atoms with Crippen LogP contribution in [-0.4, -0.2) is 0 Å².